The third kappa shape index (κ3) is 8.85. The third-order valence-corrected chi connectivity index (χ3v) is 0.512. The van der Waals surface area contributed by atoms with Crippen LogP contribution in [0.2, 0.25) is 0 Å². The van der Waals surface area contributed by atoms with E-state index in [0.29, 0.717) is 6.61 Å². The maximum atomic E-state index is 8.07. The van der Waals surface area contributed by atoms with Crippen molar-refractivity contribution in [1.82, 2.24) is 0 Å². The van der Waals surface area contributed by atoms with Gasteiger partial charge in [-0.1, -0.05) is 13.3 Å². The van der Waals surface area contributed by atoms with Crippen LogP contribution in [0.25, 0.3) is 0 Å². The molecule has 0 spiro atoms. The predicted molar refractivity (Wildman–Crippen MR) is 22.0 cm³/mol. The number of unbranched alkanes of at least 4 members (excludes halogenated alkanes) is 1. The second-order valence-electron chi connectivity index (χ2n) is 1.08. The Kier molecular flexibility index (Phi) is 15.4. The maximum Gasteiger partial charge on any atom is 4.00 e. The molecule has 0 saturated heterocycles. The zero-order valence-electron chi connectivity index (χ0n) is 4.07. The molecule has 0 aromatic rings. The van der Waals surface area contributed by atoms with Crippen LogP contribution in [-0.4, -0.2) is 11.7 Å². The Balaban J connectivity index is 0. The Hall–Kier alpha value is 0.843. The smallest absolute Gasteiger partial charge is 0.396 e. The first-order valence-electron chi connectivity index (χ1n) is 2.02. The molecule has 1 nitrogen and oxygen atoms in total. The summed E-state index contributed by atoms with van der Waals surface area (Å²) in [6.07, 6.45) is 2.04. The van der Waals surface area contributed by atoms with Crippen LogP contribution in [0, 0.1) is 0 Å². The van der Waals surface area contributed by atoms with Gasteiger partial charge in [0.25, 0.3) is 0 Å². The summed E-state index contributed by atoms with van der Waals surface area (Å²) in [5.74, 6) is 0. The largest absolute Gasteiger partial charge is 4.00 e. The third-order valence-electron chi connectivity index (χ3n) is 0.512. The molecular weight excluding hydrogens is 155 g/mol. The van der Waals surface area contributed by atoms with E-state index in [1.165, 1.54) is 0 Å². The van der Waals surface area contributed by atoms with E-state index < -0.39 is 0 Å². The molecule has 0 atom stereocenters. The van der Waals surface area contributed by atoms with Crippen molar-refractivity contribution in [1.29, 1.82) is 0 Å². The molecule has 0 rings (SSSR count). The van der Waals surface area contributed by atoms with Crippen molar-refractivity contribution in [3.63, 3.8) is 0 Å². The summed E-state index contributed by atoms with van der Waals surface area (Å²) in [6, 6.07) is 0. The van der Waals surface area contributed by atoms with Gasteiger partial charge >= 0.3 is 26.2 Å². The number of aliphatic hydroxyl groups is 1. The van der Waals surface area contributed by atoms with Gasteiger partial charge in [0.2, 0.25) is 0 Å². The van der Waals surface area contributed by atoms with Crippen LogP contribution in [0.3, 0.4) is 0 Å². The first-order valence-corrected chi connectivity index (χ1v) is 2.02. The molecule has 0 fully saturated rings. The van der Waals surface area contributed by atoms with E-state index in [1.807, 2.05) is 0 Å². The molecule has 0 aromatic carbocycles. The molecule has 0 unspecified atom stereocenters. The molecule has 2 heteroatoms. The Morgan fingerprint density at radius 3 is 2.00 bits per heavy atom. The first-order chi connectivity index (χ1) is 2.41. The first kappa shape index (κ1) is 9.96. The van der Waals surface area contributed by atoms with Crippen molar-refractivity contribution in [2.24, 2.45) is 0 Å². The number of aliphatic hydroxyl groups excluding tert-OH is 1. The Labute approximate surface area is 57.9 Å². The molecule has 1 N–H and O–H groups in total. The second kappa shape index (κ2) is 9.28. The second-order valence-corrected chi connectivity index (χ2v) is 1.08. The predicted octanol–water partition coefficient (Wildman–Crippen LogP) is 0.776. The molecule has 0 radical (unpaired) electrons. The minimum Gasteiger partial charge on any atom is -0.396 e. The monoisotopic (exact) mass is 164 g/mol. The van der Waals surface area contributed by atoms with E-state index in [-0.39, 0.29) is 26.2 Å². The molecule has 0 aromatic heterocycles. The van der Waals surface area contributed by atoms with Gasteiger partial charge in [-0.3, -0.25) is 0 Å². The standard InChI is InChI=1S/C4H10O.Zr/c1-2-3-4-5;/h5H,2-4H2,1H3;/q;+4. The topological polar surface area (TPSA) is 20.2 Å². The van der Waals surface area contributed by atoms with Crippen LogP contribution in [-0.2, 0) is 26.2 Å². The molecular formula is C4H10OZr+4. The van der Waals surface area contributed by atoms with Gasteiger partial charge in [0.05, 0.1) is 0 Å². The van der Waals surface area contributed by atoms with E-state index in [0.717, 1.165) is 12.8 Å². The van der Waals surface area contributed by atoms with Crippen molar-refractivity contribution in [3.05, 3.63) is 0 Å². The van der Waals surface area contributed by atoms with Crippen molar-refractivity contribution in [3.8, 4) is 0 Å². The molecule has 0 aliphatic heterocycles. The molecule has 0 heterocycles. The van der Waals surface area contributed by atoms with Crippen LogP contribution in [0.5, 0.6) is 0 Å². The van der Waals surface area contributed by atoms with Crippen molar-refractivity contribution >= 4 is 0 Å². The van der Waals surface area contributed by atoms with Gasteiger partial charge in [-0.05, 0) is 6.42 Å². The minimum absolute atomic E-state index is 0. The summed E-state index contributed by atoms with van der Waals surface area (Å²) in [7, 11) is 0. The average Bonchev–Trinajstić information content (AvgIpc) is 1.41. The number of hydrogen-bond acceptors (Lipinski definition) is 1. The SMILES string of the molecule is CCCCO.[Zr+4]. The quantitative estimate of drug-likeness (QED) is 0.641. The Morgan fingerprint density at radius 2 is 2.00 bits per heavy atom. The van der Waals surface area contributed by atoms with Gasteiger partial charge < -0.3 is 5.11 Å². The molecule has 0 bridgehead atoms. The summed E-state index contributed by atoms with van der Waals surface area (Å²) in [4.78, 5) is 0. The zero-order chi connectivity index (χ0) is 4.12. The minimum atomic E-state index is 0. The van der Waals surface area contributed by atoms with Crippen LogP contribution in [0.15, 0.2) is 0 Å². The Morgan fingerprint density at radius 1 is 1.50 bits per heavy atom. The van der Waals surface area contributed by atoms with Crippen LogP contribution < -0.4 is 0 Å². The fourth-order valence-corrected chi connectivity index (χ4v) is 0.158. The van der Waals surface area contributed by atoms with Gasteiger partial charge in [0.1, 0.15) is 0 Å². The molecule has 0 aliphatic carbocycles. The number of rotatable bonds is 2. The summed E-state index contributed by atoms with van der Waals surface area (Å²) in [6.45, 7) is 2.40. The normalized spacial score (nSPS) is 7.00. The Bertz CT molecular complexity index is 15.0. The van der Waals surface area contributed by atoms with Gasteiger partial charge in [-0.25, -0.2) is 0 Å². The molecule has 0 saturated carbocycles. The van der Waals surface area contributed by atoms with E-state index in [2.05, 4.69) is 6.92 Å². The van der Waals surface area contributed by atoms with Crippen LogP contribution in [0.1, 0.15) is 19.8 Å². The van der Waals surface area contributed by atoms with E-state index >= 15 is 0 Å². The molecule has 0 aliphatic rings. The molecule has 32 valence electrons. The van der Waals surface area contributed by atoms with Gasteiger partial charge in [0, 0.05) is 6.61 Å². The zero-order valence-corrected chi connectivity index (χ0v) is 6.53. The van der Waals surface area contributed by atoms with Crippen LogP contribution >= 0.6 is 0 Å². The van der Waals surface area contributed by atoms with E-state index in [4.69, 9.17) is 5.11 Å². The molecule has 6 heavy (non-hydrogen) atoms. The van der Waals surface area contributed by atoms with Gasteiger partial charge in [-0.15, -0.1) is 0 Å². The number of hydrogen-bond donors (Lipinski definition) is 1. The summed E-state index contributed by atoms with van der Waals surface area (Å²) >= 11 is 0. The molecule has 0 amide bonds. The average molecular weight is 165 g/mol. The van der Waals surface area contributed by atoms with Crippen molar-refractivity contribution in [2.45, 2.75) is 19.8 Å². The fourth-order valence-electron chi connectivity index (χ4n) is 0.158. The van der Waals surface area contributed by atoms with Gasteiger partial charge in [-0.2, -0.15) is 0 Å². The van der Waals surface area contributed by atoms with Crippen molar-refractivity contribution in [2.75, 3.05) is 6.61 Å². The van der Waals surface area contributed by atoms with E-state index in [9.17, 15) is 0 Å². The maximum absolute atomic E-state index is 8.07. The van der Waals surface area contributed by atoms with Gasteiger partial charge in [0.15, 0.2) is 0 Å². The van der Waals surface area contributed by atoms with E-state index in [1.54, 1.807) is 0 Å². The summed E-state index contributed by atoms with van der Waals surface area (Å²) < 4.78 is 0. The summed E-state index contributed by atoms with van der Waals surface area (Å²) in [5, 5.41) is 8.07. The van der Waals surface area contributed by atoms with Crippen LogP contribution in [0.4, 0.5) is 0 Å². The fraction of sp³-hybridized carbons (Fsp3) is 1.00. The summed E-state index contributed by atoms with van der Waals surface area (Å²) in [5.41, 5.74) is 0. The van der Waals surface area contributed by atoms with Crippen molar-refractivity contribution < 1.29 is 31.3 Å².